The fourth-order valence-electron chi connectivity index (χ4n) is 5.27. The van der Waals surface area contributed by atoms with Crippen molar-refractivity contribution in [1.29, 1.82) is 0 Å². The molecule has 6 nitrogen and oxygen atoms in total. The maximum Gasteiger partial charge on any atom is 0.336 e. The fraction of sp³-hybridized carbons (Fsp3) is 0.296. The molecule has 0 N–H and O–H groups in total. The summed E-state index contributed by atoms with van der Waals surface area (Å²) in [5.41, 5.74) is 3.89. The first-order chi connectivity index (χ1) is 16.5. The first-order valence-electron chi connectivity index (χ1n) is 11.8. The van der Waals surface area contributed by atoms with E-state index in [0.717, 1.165) is 41.0 Å². The van der Waals surface area contributed by atoms with E-state index in [4.69, 9.17) is 4.42 Å². The summed E-state index contributed by atoms with van der Waals surface area (Å²) in [6.45, 7) is 2.66. The molecule has 1 saturated heterocycles. The minimum atomic E-state index is -3.56. The van der Waals surface area contributed by atoms with Gasteiger partial charge in [0.05, 0.1) is 4.90 Å². The van der Waals surface area contributed by atoms with Gasteiger partial charge in [0.2, 0.25) is 10.0 Å². The lowest BCUT2D eigenvalue weighted by molar-refractivity contribution is 0.182. The molecular formula is C27H26N2O4S. The molecule has 1 aliphatic heterocycles. The highest BCUT2D eigenvalue weighted by atomic mass is 32.2. The van der Waals surface area contributed by atoms with Crippen LogP contribution in [0.1, 0.15) is 23.1 Å². The van der Waals surface area contributed by atoms with E-state index in [2.05, 4.69) is 11.0 Å². The van der Waals surface area contributed by atoms with Crippen molar-refractivity contribution in [3.05, 3.63) is 87.8 Å². The molecule has 1 aliphatic carbocycles. The molecule has 4 aromatic rings. The highest BCUT2D eigenvalue weighted by molar-refractivity contribution is 7.89. The van der Waals surface area contributed by atoms with Crippen molar-refractivity contribution in [2.24, 2.45) is 0 Å². The van der Waals surface area contributed by atoms with E-state index in [0.29, 0.717) is 43.2 Å². The lowest BCUT2D eigenvalue weighted by Crippen LogP contribution is -2.48. The molecule has 1 aromatic heterocycles. The Hall–Kier alpha value is -3.00. The zero-order valence-electron chi connectivity index (χ0n) is 18.9. The van der Waals surface area contributed by atoms with E-state index >= 15 is 0 Å². The number of hydrogen-bond acceptors (Lipinski definition) is 5. The number of aryl methyl sites for hydroxylation is 2. The van der Waals surface area contributed by atoms with Crippen LogP contribution in [0, 0.1) is 0 Å². The Kier molecular flexibility index (Phi) is 5.28. The Bertz CT molecular complexity index is 1570. The summed E-state index contributed by atoms with van der Waals surface area (Å²) in [5, 5.41) is 2.94. The predicted octanol–water partition coefficient (Wildman–Crippen LogP) is 3.94. The van der Waals surface area contributed by atoms with Crippen LogP contribution in [-0.2, 0) is 29.4 Å². The zero-order chi connectivity index (χ0) is 23.3. The third-order valence-corrected chi connectivity index (χ3v) is 9.02. The predicted molar refractivity (Wildman–Crippen MR) is 132 cm³/mol. The number of piperazine rings is 1. The smallest absolute Gasteiger partial charge is 0.336 e. The number of sulfonamides is 1. The zero-order valence-corrected chi connectivity index (χ0v) is 19.7. The summed E-state index contributed by atoms with van der Waals surface area (Å²) in [5.74, 6) is 0. The van der Waals surface area contributed by atoms with Crippen LogP contribution in [0.4, 0.5) is 0 Å². The Labute approximate surface area is 198 Å². The Morgan fingerprint density at radius 3 is 2.35 bits per heavy atom. The second-order valence-electron chi connectivity index (χ2n) is 9.25. The highest BCUT2D eigenvalue weighted by Gasteiger charge is 2.29. The van der Waals surface area contributed by atoms with Gasteiger partial charge in [0.25, 0.3) is 0 Å². The van der Waals surface area contributed by atoms with E-state index in [-0.39, 0.29) is 5.63 Å². The molecule has 7 heteroatoms. The molecule has 2 aliphatic rings. The second-order valence-corrected chi connectivity index (χ2v) is 11.2. The largest absolute Gasteiger partial charge is 0.423 e. The molecule has 0 spiro atoms. The van der Waals surface area contributed by atoms with Crippen molar-refractivity contribution in [2.75, 3.05) is 26.2 Å². The van der Waals surface area contributed by atoms with Crippen LogP contribution in [-0.4, -0.2) is 43.8 Å². The van der Waals surface area contributed by atoms with Gasteiger partial charge >= 0.3 is 5.63 Å². The van der Waals surface area contributed by atoms with Crippen molar-refractivity contribution in [3.8, 4) is 0 Å². The molecule has 0 unspecified atom stereocenters. The summed E-state index contributed by atoms with van der Waals surface area (Å²) in [4.78, 5) is 14.8. The van der Waals surface area contributed by atoms with Gasteiger partial charge in [0.15, 0.2) is 0 Å². The van der Waals surface area contributed by atoms with Crippen LogP contribution in [0.5, 0.6) is 0 Å². The Balaban J connectivity index is 1.21. The normalized spacial score (nSPS) is 17.4. The number of nitrogens with zero attached hydrogens (tertiary/aromatic N) is 2. The third kappa shape index (κ3) is 3.83. The van der Waals surface area contributed by atoms with Gasteiger partial charge in [-0.05, 0) is 71.0 Å². The van der Waals surface area contributed by atoms with Gasteiger partial charge < -0.3 is 4.42 Å². The average Bonchev–Trinajstić information content (AvgIpc) is 3.30. The molecule has 34 heavy (non-hydrogen) atoms. The summed E-state index contributed by atoms with van der Waals surface area (Å²) in [6, 6.07) is 18.9. The number of benzene rings is 3. The minimum absolute atomic E-state index is 0.333. The first-order valence-corrected chi connectivity index (χ1v) is 13.2. The topological polar surface area (TPSA) is 70.8 Å². The number of hydrogen-bond donors (Lipinski definition) is 0. The van der Waals surface area contributed by atoms with Crippen LogP contribution in [0.3, 0.4) is 0 Å². The molecule has 0 bridgehead atoms. The van der Waals surface area contributed by atoms with E-state index < -0.39 is 10.0 Å². The van der Waals surface area contributed by atoms with Crippen LogP contribution in [0.25, 0.3) is 21.7 Å². The van der Waals surface area contributed by atoms with Crippen LogP contribution in [0.15, 0.2) is 74.8 Å². The van der Waals surface area contributed by atoms with Gasteiger partial charge in [0.1, 0.15) is 5.58 Å². The van der Waals surface area contributed by atoms with Gasteiger partial charge in [-0.3, -0.25) is 4.90 Å². The van der Waals surface area contributed by atoms with E-state index in [1.807, 2.05) is 36.4 Å². The average molecular weight is 475 g/mol. The van der Waals surface area contributed by atoms with Gasteiger partial charge in [-0.2, -0.15) is 4.31 Å². The van der Waals surface area contributed by atoms with Crippen LogP contribution >= 0.6 is 0 Å². The molecule has 6 rings (SSSR count). The maximum atomic E-state index is 13.3. The molecule has 0 saturated carbocycles. The Morgan fingerprint density at radius 2 is 1.56 bits per heavy atom. The molecule has 1 fully saturated rings. The quantitative estimate of drug-likeness (QED) is 0.419. The first kappa shape index (κ1) is 21.5. The fourth-order valence-corrected chi connectivity index (χ4v) is 6.73. The van der Waals surface area contributed by atoms with Gasteiger partial charge in [0, 0.05) is 44.2 Å². The summed E-state index contributed by atoms with van der Waals surface area (Å²) in [7, 11) is -3.56. The molecule has 0 atom stereocenters. The molecular weight excluding hydrogens is 448 g/mol. The highest BCUT2D eigenvalue weighted by Crippen LogP contribution is 2.29. The van der Waals surface area contributed by atoms with Crippen LogP contribution in [0.2, 0.25) is 0 Å². The molecule has 3 aromatic carbocycles. The number of rotatable bonds is 4. The van der Waals surface area contributed by atoms with Crippen molar-refractivity contribution in [2.45, 2.75) is 30.7 Å². The SMILES string of the molecule is O=c1cc(CN2CCN(S(=O)(=O)c3ccc4ccccc4c3)CC2)c2cc3c(cc2o1)CCC3. The van der Waals surface area contributed by atoms with Crippen molar-refractivity contribution >= 4 is 31.8 Å². The van der Waals surface area contributed by atoms with Gasteiger partial charge in [-0.15, -0.1) is 0 Å². The lowest BCUT2D eigenvalue weighted by Gasteiger charge is -2.34. The molecule has 174 valence electrons. The molecule has 2 heterocycles. The Morgan fingerprint density at radius 1 is 0.824 bits per heavy atom. The molecule has 0 amide bonds. The maximum absolute atomic E-state index is 13.3. The monoisotopic (exact) mass is 474 g/mol. The van der Waals surface area contributed by atoms with E-state index in [1.165, 1.54) is 11.1 Å². The van der Waals surface area contributed by atoms with Crippen molar-refractivity contribution in [3.63, 3.8) is 0 Å². The summed E-state index contributed by atoms with van der Waals surface area (Å²) < 4.78 is 33.6. The third-order valence-electron chi connectivity index (χ3n) is 7.13. The summed E-state index contributed by atoms with van der Waals surface area (Å²) in [6.07, 6.45) is 3.24. The number of fused-ring (bicyclic) bond motifs is 3. The summed E-state index contributed by atoms with van der Waals surface area (Å²) >= 11 is 0. The van der Waals surface area contributed by atoms with Crippen LogP contribution < -0.4 is 5.63 Å². The lowest BCUT2D eigenvalue weighted by atomic mass is 10.0. The van der Waals surface area contributed by atoms with Crippen molar-refractivity contribution in [1.82, 2.24) is 9.21 Å². The van der Waals surface area contributed by atoms with E-state index in [1.54, 1.807) is 22.5 Å². The second kappa shape index (κ2) is 8.34. The standard InChI is InChI=1S/C27H26N2O4S/c30-27-17-23(25-15-21-6-3-7-22(21)16-26(25)33-27)18-28-10-12-29(13-11-28)34(31,32)24-9-8-19-4-1-2-5-20(19)14-24/h1-2,4-5,8-9,14-17H,3,6-7,10-13,18H2. The van der Waals surface area contributed by atoms with Gasteiger partial charge in [-0.1, -0.05) is 30.3 Å². The van der Waals surface area contributed by atoms with Crippen molar-refractivity contribution < 1.29 is 12.8 Å². The van der Waals surface area contributed by atoms with Gasteiger partial charge in [-0.25, -0.2) is 13.2 Å². The minimum Gasteiger partial charge on any atom is -0.423 e. The molecule has 0 radical (unpaired) electrons. The van der Waals surface area contributed by atoms with E-state index in [9.17, 15) is 13.2 Å².